The molecule has 1 aromatic rings. The van der Waals surface area contributed by atoms with E-state index in [0.29, 0.717) is 23.3 Å². The molecule has 1 aliphatic heterocycles. The van der Waals surface area contributed by atoms with E-state index in [1.165, 1.54) is 5.01 Å². The molecule has 0 spiro atoms. The van der Waals surface area contributed by atoms with E-state index in [4.69, 9.17) is 11.6 Å². The van der Waals surface area contributed by atoms with Crippen LogP contribution in [-0.2, 0) is 0 Å². The van der Waals surface area contributed by atoms with Crippen molar-refractivity contribution in [3.63, 3.8) is 0 Å². The van der Waals surface area contributed by atoms with Crippen LogP contribution in [0.15, 0.2) is 17.4 Å². The standard InChI is InChI=1S/C6H8N6/c7-5-4-6(10-2-1-9-4)11-3-12(5)8/h1-2H,3,7-8H2. The van der Waals surface area contributed by atoms with E-state index < -0.39 is 0 Å². The first-order chi connectivity index (χ1) is 5.79. The van der Waals surface area contributed by atoms with Crippen molar-refractivity contribution in [1.29, 1.82) is 0 Å². The smallest absolute Gasteiger partial charge is 0.179 e. The maximum absolute atomic E-state index is 5.64. The van der Waals surface area contributed by atoms with E-state index in [9.17, 15) is 0 Å². The molecule has 6 heteroatoms. The van der Waals surface area contributed by atoms with Crippen LogP contribution in [0.4, 0.5) is 0 Å². The minimum atomic E-state index is 0.331. The van der Waals surface area contributed by atoms with Gasteiger partial charge in [0.2, 0.25) is 0 Å². The van der Waals surface area contributed by atoms with Gasteiger partial charge in [0.05, 0.1) is 0 Å². The highest BCUT2D eigenvalue weighted by Gasteiger charge is 2.07. The molecule has 0 bridgehead atoms. The molecule has 1 aliphatic rings. The van der Waals surface area contributed by atoms with Crippen LogP contribution in [0.3, 0.4) is 0 Å². The molecule has 0 aromatic carbocycles. The minimum absolute atomic E-state index is 0.331. The Bertz CT molecular complexity index is 410. The molecule has 0 aliphatic carbocycles. The van der Waals surface area contributed by atoms with Crippen molar-refractivity contribution in [3.8, 4) is 0 Å². The van der Waals surface area contributed by atoms with E-state index >= 15 is 0 Å². The lowest BCUT2D eigenvalue weighted by molar-refractivity contribution is 0.403. The maximum atomic E-state index is 5.64. The van der Waals surface area contributed by atoms with Crippen LogP contribution in [0, 0.1) is 0 Å². The Kier molecular flexibility index (Phi) is 1.41. The lowest BCUT2D eigenvalue weighted by atomic mass is 10.5. The summed E-state index contributed by atoms with van der Waals surface area (Å²) < 4.78 is 0. The fourth-order valence-electron chi connectivity index (χ4n) is 0.982. The normalized spacial score (nSPS) is 15.4. The predicted octanol–water partition coefficient (Wildman–Crippen LogP) is -2.73. The van der Waals surface area contributed by atoms with Gasteiger partial charge in [-0.05, 0) is 0 Å². The fraction of sp³-hybridized carbons (Fsp3) is 0.167. The second-order valence-corrected chi connectivity index (χ2v) is 2.38. The maximum Gasteiger partial charge on any atom is 0.179 e. The molecule has 2 rings (SSSR count). The monoisotopic (exact) mass is 164 g/mol. The van der Waals surface area contributed by atoms with Crippen LogP contribution in [0.5, 0.6) is 0 Å². The van der Waals surface area contributed by atoms with Crippen molar-refractivity contribution in [2.75, 3.05) is 6.67 Å². The number of hydrazine groups is 1. The van der Waals surface area contributed by atoms with Crippen LogP contribution < -0.4 is 22.4 Å². The summed E-state index contributed by atoms with van der Waals surface area (Å²) in [6, 6.07) is 0. The second-order valence-electron chi connectivity index (χ2n) is 2.38. The predicted molar refractivity (Wildman–Crippen MR) is 41.3 cm³/mol. The number of hydrogen-bond acceptors (Lipinski definition) is 6. The highest BCUT2D eigenvalue weighted by Crippen LogP contribution is 1.87. The molecule has 2 heterocycles. The van der Waals surface area contributed by atoms with Crippen LogP contribution in [-0.4, -0.2) is 21.6 Å². The molecule has 1 aromatic heterocycles. The largest absolute Gasteiger partial charge is 0.382 e. The summed E-state index contributed by atoms with van der Waals surface area (Å²) in [7, 11) is 0. The van der Waals surface area contributed by atoms with Gasteiger partial charge >= 0.3 is 0 Å². The zero-order valence-electron chi connectivity index (χ0n) is 6.31. The van der Waals surface area contributed by atoms with Gasteiger partial charge in [0.15, 0.2) is 5.49 Å². The number of fused-ring (bicyclic) bond motifs is 1. The molecule has 0 saturated heterocycles. The van der Waals surface area contributed by atoms with Gasteiger partial charge in [-0.15, -0.1) is 0 Å². The van der Waals surface area contributed by atoms with Gasteiger partial charge in [-0.2, -0.15) is 0 Å². The summed E-state index contributed by atoms with van der Waals surface area (Å²) >= 11 is 0. The van der Waals surface area contributed by atoms with Crippen molar-refractivity contribution in [2.45, 2.75) is 0 Å². The van der Waals surface area contributed by atoms with Crippen molar-refractivity contribution in [2.24, 2.45) is 16.6 Å². The molecule has 0 saturated carbocycles. The lowest BCUT2D eigenvalue weighted by Crippen LogP contribution is -2.49. The average molecular weight is 164 g/mol. The number of nitrogens with two attached hydrogens (primary N) is 2. The molecule has 62 valence electrons. The molecule has 6 nitrogen and oxygen atoms in total. The first-order valence-electron chi connectivity index (χ1n) is 3.42. The third-order valence-electron chi connectivity index (χ3n) is 1.60. The molecule has 12 heavy (non-hydrogen) atoms. The summed E-state index contributed by atoms with van der Waals surface area (Å²) in [5, 5.41) is 1.88. The van der Waals surface area contributed by atoms with Gasteiger partial charge in [-0.25, -0.2) is 20.8 Å². The zero-order chi connectivity index (χ0) is 8.55. The summed E-state index contributed by atoms with van der Waals surface area (Å²) in [5.74, 6) is 5.91. The Morgan fingerprint density at radius 1 is 1.33 bits per heavy atom. The van der Waals surface area contributed by atoms with Crippen LogP contribution in [0.25, 0.3) is 5.82 Å². The Morgan fingerprint density at radius 3 is 2.92 bits per heavy atom. The molecule has 0 radical (unpaired) electrons. The molecular formula is C6H8N6. The number of rotatable bonds is 0. The third-order valence-corrected chi connectivity index (χ3v) is 1.60. The van der Waals surface area contributed by atoms with E-state index in [0.717, 1.165) is 0 Å². The Hall–Kier alpha value is -1.69. The summed E-state index contributed by atoms with van der Waals surface area (Å²) in [4.78, 5) is 12.1. The Morgan fingerprint density at radius 2 is 2.08 bits per heavy atom. The van der Waals surface area contributed by atoms with Gasteiger partial charge in [0.25, 0.3) is 0 Å². The van der Waals surface area contributed by atoms with Crippen molar-refractivity contribution < 1.29 is 0 Å². The molecule has 0 amide bonds. The average Bonchev–Trinajstić information content (AvgIpc) is 2.12. The summed E-state index contributed by atoms with van der Waals surface area (Å²) in [6.45, 7) is 0.331. The second kappa shape index (κ2) is 2.42. The van der Waals surface area contributed by atoms with Crippen molar-refractivity contribution in [3.05, 3.63) is 23.2 Å². The molecule has 4 N–H and O–H groups in total. The fourth-order valence-corrected chi connectivity index (χ4v) is 0.982. The van der Waals surface area contributed by atoms with E-state index in [1.54, 1.807) is 12.4 Å². The first kappa shape index (κ1) is 6.99. The number of nitrogens with zero attached hydrogens (tertiary/aromatic N) is 4. The minimum Gasteiger partial charge on any atom is -0.382 e. The van der Waals surface area contributed by atoms with E-state index in [-0.39, 0.29) is 0 Å². The summed E-state index contributed by atoms with van der Waals surface area (Å²) in [5.41, 5.74) is 6.20. The van der Waals surface area contributed by atoms with Gasteiger partial charge < -0.3 is 5.73 Å². The summed E-state index contributed by atoms with van der Waals surface area (Å²) in [6.07, 6.45) is 3.13. The van der Waals surface area contributed by atoms with Crippen molar-refractivity contribution in [1.82, 2.24) is 15.0 Å². The zero-order valence-corrected chi connectivity index (χ0v) is 6.31. The number of hydrogen-bond donors (Lipinski definition) is 2. The highest BCUT2D eigenvalue weighted by molar-refractivity contribution is 5.34. The van der Waals surface area contributed by atoms with Gasteiger partial charge in [-0.3, -0.25) is 5.01 Å². The molecule has 0 fully saturated rings. The van der Waals surface area contributed by atoms with Crippen LogP contribution >= 0.6 is 0 Å². The molecule has 0 atom stereocenters. The van der Waals surface area contributed by atoms with E-state index in [1.807, 2.05) is 0 Å². The van der Waals surface area contributed by atoms with Crippen molar-refractivity contribution >= 4 is 5.82 Å². The first-order valence-corrected chi connectivity index (χ1v) is 3.42. The van der Waals surface area contributed by atoms with Gasteiger partial charge in [0, 0.05) is 12.4 Å². The molecule has 0 unspecified atom stereocenters. The van der Waals surface area contributed by atoms with Crippen LogP contribution in [0.2, 0.25) is 0 Å². The SMILES string of the molecule is NC1=c2nccnc2=NCN1N. The lowest BCUT2D eigenvalue weighted by Gasteiger charge is -2.17. The molecular weight excluding hydrogens is 156 g/mol. The van der Waals surface area contributed by atoms with E-state index in [2.05, 4.69) is 15.0 Å². The van der Waals surface area contributed by atoms with Crippen LogP contribution in [0.1, 0.15) is 0 Å². The number of aromatic nitrogens is 2. The highest BCUT2D eigenvalue weighted by atomic mass is 15.5. The quantitative estimate of drug-likeness (QED) is 0.406. The third kappa shape index (κ3) is 0.892. The topological polar surface area (TPSA) is 93.4 Å². The Balaban J connectivity index is 2.83. The van der Waals surface area contributed by atoms with Gasteiger partial charge in [-0.1, -0.05) is 0 Å². The Labute approximate surface area is 68.2 Å². The van der Waals surface area contributed by atoms with Gasteiger partial charge in [0.1, 0.15) is 17.8 Å².